The maximum absolute atomic E-state index is 12.4. The van der Waals surface area contributed by atoms with Gasteiger partial charge in [0.15, 0.2) is 5.16 Å². The maximum atomic E-state index is 12.4. The average molecular weight is 321 g/mol. The van der Waals surface area contributed by atoms with Crippen LogP contribution < -0.4 is 5.56 Å². The van der Waals surface area contributed by atoms with Gasteiger partial charge in [0.1, 0.15) is 0 Å². The van der Waals surface area contributed by atoms with Gasteiger partial charge in [-0.2, -0.15) is 0 Å². The number of rotatable bonds is 3. The van der Waals surface area contributed by atoms with Crippen molar-refractivity contribution in [3.05, 3.63) is 22.1 Å². The molecule has 2 aliphatic rings. The van der Waals surface area contributed by atoms with Crippen LogP contribution >= 0.6 is 11.8 Å². The lowest BCUT2D eigenvalue weighted by atomic mass is 10.1. The molecule has 0 bridgehead atoms. The Kier molecular flexibility index (Phi) is 4.57. The van der Waals surface area contributed by atoms with Gasteiger partial charge < -0.3 is 4.90 Å². The Bertz CT molecular complexity index is 620. The molecule has 2 aliphatic heterocycles. The fraction of sp³-hybridized carbons (Fsp3) is 0.688. The second-order valence-corrected chi connectivity index (χ2v) is 7.42. The van der Waals surface area contributed by atoms with Crippen LogP contribution in [0.3, 0.4) is 0 Å². The predicted molar refractivity (Wildman–Crippen MR) is 87.4 cm³/mol. The summed E-state index contributed by atoms with van der Waals surface area (Å²) in [6.45, 7) is 5.81. The van der Waals surface area contributed by atoms with Crippen LogP contribution in [0.4, 0.5) is 0 Å². The number of amides is 1. The van der Waals surface area contributed by atoms with Gasteiger partial charge >= 0.3 is 0 Å². The Morgan fingerprint density at radius 2 is 2.09 bits per heavy atom. The molecule has 1 amide bonds. The Balaban J connectivity index is 1.76. The van der Waals surface area contributed by atoms with Gasteiger partial charge in [-0.05, 0) is 25.2 Å². The van der Waals surface area contributed by atoms with Gasteiger partial charge in [0.2, 0.25) is 5.91 Å². The van der Waals surface area contributed by atoms with Gasteiger partial charge in [0, 0.05) is 31.3 Å². The number of fused-ring (bicyclic) bond motifs is 1. The summed E-state index contributed by atoms with van der Waals surface area (Å²) >= 11 is 1.59. The number of nitrogens with zero attached hydrogens (tertiary/aromatic N) is 3. The Morgan fingerprint density at radius 1 is 1.36 bits per heavy atom. The summed E-state index contributed by atoms with van der Waals surface area (Å²) in [6.07, 6.45) is 3.83. The highest BCUT2D eigenvalue weighted by molar-refractivity contribution is 7.99. The SMILES string of the molecule is CC(C)c1cc(=O)n2c(n1)SCC2CC(=O)N1CCCCC1. The first-order valence-corrected chi connectivity index (χ1v) is 9.09. The van der Waals surface area contributed by atoms with Crippen molar-refractivity contribution in [2.75, 3.05) is 18.8 Å². The molecule has 1 aromatic rings. The van der Waals surface area contributed by atoms with Gasteiger partial charge in [-0.3, -0.25) is 14.2 Å². The minimum atomic E-state index is -0.0457. The van der Waals surface area contributed by atoms with Crippen molar-refractivity contribution in [2.45, 2.75) is 56.6 Å². The lowest BCUT2D eigenvalue weighted by Gasteiger charge is -2.28. The van der Waals surface area contributed by atoms with E-state index < -0.39 is 0 Å². The Labute approximate surface area is 135 Å². The highest BCUT2D eigenvalue weighted by Crippen LogP contribution is 2.33. The summed E-state index contributed by atoms with van der Waals surface area (Å²) in [7, 11) is 0. The zero-order chi connectivity index (χ0) is 15.7. The third-order valence-corrected chi connectivity index (χ3v) is 5.52. The van der Waals surface area contributed by atoms with E-state index in [2.05, 4.69) is 4.98 Å². The summed E-state index contributed by atoms with van der Waals surface area (Å²) in [5, 5.41) is 0.771. The van der Waals surface area contributed by atoms with Crippen LogP contribution in [0.25, 0.3) is 0 Å². The van der Waals surface area contributed by atoms with Gasteiger partial charge in [-0.15, -0.1) is 0 Å². The molecule has 0 radical (unpaired) electrons. The van der Waals surface area contributed by atoms with Crippen LogP contribution in [0.15, 0.2) is 16.0 Å². The number of carbonyl (C=O) groups excluding carboxylic acids is 1. The highest BCUT2D eigenvalue weighted by atomic mass is 32.2. The molecule has 0 spiro atoms. The van der Waals surface area contributed by atoms with Crippen LogP contribution in [-0.4, -0.2) is 39.2 Å². The standard InChI is InChI=1S/C16H23N3O2S/c1-11(2)13-9-15(21)19-12(10-22-16(19)17-13)8-14(20)18-6-4-3-5-7-18/h9,11-12H,3-8,10H2,1-2H3. The summed E-state index contributed by atoms with van der Waals surface area (Å²) in [5.41, 5.74) is 0.821. The minimum absolute atomic E-state index is 0.0184. The van der Waals surface area contributed by atoms with Crippen molar-refractivity contribution < 1.29 is 4.79 Å². The monoisotopic (exact) mass is 321 g/mol. The maximum Gasteiger partial charge on any atom is 0.254 e. The molecule has 5 nitrogen and oxygen atoms in total. The molecule has 1 fully saturated rings. The van der Waals surface area contributed by atoms with Crippen molar-refractivity contribution in [2.24, 2.45) is 0 Å². The molecular formula is C16H23N3O2S. The molecule has 3 heterocycles. The second kappa shape index (κ2) is 6.44. The van der Waals surface area contributed by atoms with E-state index in [1.165, 1.54) is 6.42 Å². The summed E-state index contributed by atoms with van der Waals surface area (Å²) in [4.78, 5) is 31.4. The zero-order valence-electron chi connectivity index (χ0n) is 13.2. The Hall–Kier alpha value is -1.30. The van der Waals surface area contributed by atoms with Crippen LogP contribution in [-0.2, 0) is 4.79 Å². The van der Waals surface area contributed by atoms with Gasteiger partial charge in [-0.1, -0.05) is 25.6 Å². The predicted octanol–water partition coefficient (Wildman–Crippen LogP) is 2.42. The first kappa shape index (κ1) is 15.6. The third-order valence-electron chi connectivity index (χ3n) is 4.42. The van der Waals surface area contributed by atoms with E-state index in [-0.39, 0.29) is 23.4 Å². The third kappa shape index (κ3) is 3.07. The molecule has 0 saturated carbocycles. The van der Waals surface area contributed by atoms with Crippen LogP contribution in [0.2, 0.25) is 0 Å². The lowest BCUT2D eigenvalue weighted by Crippen LogP contribution is -2.37. The molecule has 1 unspecified atom stereocenters. The Morgan fingerprint density at radius 3 is 2.77 bits per heavy atom. The van der Waals surface area contributed by atoms with E-state index in [9.17, 15) is 9.59 Å². The molecule has 1 atom stereocenters. The van der Waals surface area contributed by atoms with Crippen molar-refractivity contribution in [1.29, 1.82) is 0 Å². The molecule has 0 aliphatic carbocycles. The van der Waals surface area contributed by atoms with Crippen molar-refractivity contribution in [3.8, 4) is 0 Å². The smallest absolute Gasteiger partial charge is 0.254 e. The summed E-state index contributed by atoms with van der Waals surface area (Å²) in [5.74, 6) is 1.19. The molecule has 1 aromatic heterocycles. The fourth-order valence-electron chi connectivity index (χ4n) is 3.09. The van der Waals surface area contributed by atoms with Gasteiger partial charge in [-0.25, -0.2) is 4.98 Å². The first-order chi connectivity index (χ1) is 10.6. The van der Waals surface area contributed by atoms with E-state index in [1.54, 1.807) is 22.4 Å². The first-order valence-electron chi connectivity index (χ1n) is 8.10. The number of hydrogen-bond donors (Lipinski definition) is 0. The normalized spacial score (nSPS) is 21.2. The average Bonchev–Trinajstić information content (AvgIpc) is 2.91. The molecule has 0 N–H and O–H groups in total. The summed E-state index contributed by atoms with van der Waals surface area (Å²) in [6, 6.07) is 1.58. The van der Waals surface area contributed by atoms with E-state index in [0.29, 0.717) is 6.42 Å². The number of piperidine rings is 1. The lowest BCUT2D eigenvalue weighted by molar-refractivity contribution is -0.132. The second-order valence-electron chi connectivity index (χ2n) is 6.44. The molecule has 120 valence electrons. The highest BCUT2D eigenvalue weighted by Gasteiger charge is 2.29. The van der Waals surface area contributed by atoms with E-state index in [1.807, 2.05) is 18.7 Å². The van der Waals surface area contributed by atoms with Crippen LogP contribution in [0, 0.1) is 0 Å². The molecular weight excluding hydrogens is 298 g/mol. The quantitative estimate of drug-likeness (QED) is 0.802. The molecule has 6 heteroatoms. The van der Waals surface area contributed by atoms with Gasteiger partial charge in [0.25, 0.3) is 5.56 Å². The number of thioether (sulfide) groups is 1. The van der Waals surface area contributed by atoms with E-state index in [0.717, 1.165) is 42.5 Å². The number of aromatic nitrogens is 2. The van der Waals surface area contributed by atoms with E-state index in [4.69, 9.17) is 0 Å². The van der Waals surface area contributed by atoms with Crippen LogP contribution in [0.1, 0.15) is 57.2 Å². The fourth-order valence-corrected chi connectivity index (χ4v) is 4.25. The number of hydrogen-bond acceptors (Lipinski definition) is 4. The minimum Gasteiger partial charge on any atom is -0.343 e. The number of carbonyl (C=O) groups is 1. The van der Waals surface area contributed by atoms with Crippen molar-refractivity contribution in [3.63, 3.8) is 0 Å². The largest absolute Gasteiger partial charge is 0.343 e. The van der Waals surface area contributed by atoms with Gasteiger partial charge in [0.05, 0.1) is 11.7 Å². The molecule has 3 rings (SSSR count). The molecule has 22 heavy (non-hydrogen) atoms. The van der Waals surface area contributed by atoms with Crippen LogP contribution in [0.5, 0.6) is 0 Å². The summed E-state index contributed by atoms with van der Waals surface area (Å²) < 4.78 is 1.72. The van der Waals surface area contributed by atoms with Crippen molar-refractivity contribution >= 4 is 17.7 Å². The zero-order valence-corrected chi connectivity index (χ0v) is 14.1. The number of likely N-dealkylation sites (tertiary alicyclic amines) is 1. The topological polar surface area (TPSA) is 55.2 Å². The van der Waals surface area contributed by atoms with E-state index >= 15 is 0 Å². The van der Waals surface area contributed by atoms with Crippen molar-refractivity contribution in [1.82, 2.24) is 14.5 Å². The molecule has 1 saturated heterocycles. The molecule has 0 aromatic carbocycles.